The number of fused-ring (bicyclic) bond motifs is 1. The minimum atomic E-state index is 0.398. The molecule has 4 rings (SSSR count). The zero-order valence-electron chi connectivity index (χ0n) is 13.5. The van der Waals surface area contributed by atoms with E-state index in [0.717, 1.165) is 25.0 Å². The molecule has 0 amide bonds. The minimum absolute atomic E-state index is 0.398. The molecule has 2 aromatic heterocycles. The first-order valence-electron chi connectivity index (χ1n) is 8.07. The molecular formula is C18H19N3O3. The fourth-order valence-electron chi connectivity index (χ4n) is 3.10. The minimum Gasteiger partial charge on any atom is -0.497 e. The second-order valence-corrected chi connectivity index (χ2v) is 5.95. The van der Waals surface area contributed by atoms with Gasteiger partial charge in [-0.15, -0.1) is 0 Å². The topological polar surface area (TPSA) is 73.3 Å². The first-order chi connectivity index (χ1) is 11.8. The van der Waals surface area contributed by atoms with Gasteiger partial charge in [-0.1, -0.05) is 11.2 Å². The number of hydrogen-bond acceptors (Lipinski definition) is 6. The van der Waals surface area contributed by atoms with Gasteiger partial charge in [0.15, 0.2) is 11.6 Å². The number of furan rings is 1. The van der Waals surface area contributed by atoms with Crippen molar-refractivity contribution in [1.29, 1.82) is 0 Å². The molecule has 2 heterocycles. The average Bonchev–Trinajstić information content (AvgIpc) is 3.30. The van der Waals surface area contributed by atoms with Crippen LogP contribution < -0.4 is 10.1 Å². The fraction of sp³-hybridized carbons (Fsp3) is 0.333. The lowest BCUT2D eigenvalue weighted by Gasteiger charge is -2.25. The highest BCUT2D eigenvalue weighted by Gasteiger charge is 2.20. The molecule has 1 atom stereocenters. The number of hydrogen-bond donors (Lipinski definition) is 1. The summed E-state index contributed by atoms with van der Waals surface area (Å²) < 4.78 is 15.8. The van der Waals surface area contributed by atoms with E-state index in [2.05, 4.69) is 27.6 Å². The van der Waals surface area contributed by atoms with Crippen molar-refractivity contribution in [2.24, 2.45) is 0 Å². The third kappa shape index (κ3) is 3.05. The number of benzene rings is 1. The van der Waals surface area contributed by atoms with Crippen molar-refractivity contribution < 1.29 is 13.7 Å². The number of rotatable bonds is 5. The van der Waals surface area contributed by atoms with Gasteiger partial charge < -0.3 is 19.0 Å². The monoisotopic (exact) mass is 325 g/mol. The summed E-state index contributed by atoms with van der Waals surface area (Å²) in [5, 5.41) is 7.52. The summed E-state index contributed by atoms with van der Waals surface area (Å²) in [5.41, 5.74) is 2.76. The first-order valence-corrected chi connectivity index (χ1v) is 8.07. The summed E-state index contributed by atoms with van der Waals surface area (Å²) in [6.45, 7) is 0.578. The van der Waals surface area contributed by atoms with Gasteiger partial charge >= 0.3 is 0 Å². The van der Waals surface area contributed by atoms with E-state index in [4.69, 9.17) is 13.7 Å². The highest BCUT2D eigenvalue weighted by molar-refractivity contribution is 5.42. The van der Waals surface area contributed by atoms with Gasteiger partial charge in [-0.25, -0.2) is 0 Å². The fourth-order valence-corrected chi connectivity index (χ4v) is 3.10. The normalized spacial score (nSPS) is 16.8. The molecule has 1 aliphatic carbocycles. The first kappa shape index (κ1) is 15.0. The molecule has 0 unspecified atom stereocenters. The van der Waals surface area contributed by atoms with E-state index in [9.17, 15) is 0 Å². The molecule has 0 aliphatic heterocycles. The summed E-state index contributed by atoms with van der Waals surface area (Å²) in [7, 11) is 1.70. The summed E-state index contributed by atoms with van der Waals surface area (Å²) >= 11 is 0. The van der Waals surface area contributed by atoms with Gasteiger partial charge in [0.1, 0.15) is 5.75 Å². The maximum Gasteiger partial charge on any atom is 0.293 e. The molecule has 1 aromatic carbocycles. The molecule has 6 nitrogen and oxygen atoms in total. The zero-order chi connectivity index (χ0) is 16.4. The van der Waals surface area contributed by atoms with Crippen LogP contribution in [0.3, 0.4) is 0 Å². The van der Waals surface area contributed by atoms with Crippen LogP contribution in [0, 0.1) is 0 Å². The second kappa shape index (κ2) is 6.49. The molecule has 0 bridgehead atoms. The van der Waals surface area contributed by atoms with Gasteiger partial charge in [-0.05, 0) is 54.7 Å². The van der Waals surface area contributed by atoms with Crippen LogP contribution in [-0.4, -0.2) is 23.3 Å². The average molecular weight is 325 g/mol. The third-order valence-corrected chi connectivity index (χ3v) is 4.39. The number of nitrogens with zero attached hydrogens (tertiary/aromatic N) is 2. The van der Waals surface area contributed by atoms with Gasteiger partial charge in [-0.2, -0.15) is 4.98 Å². The lowest BCUT2D eigenvalue weighted by molar-refractivity contribution is 0.396. The predicted octanol–water partition coefficient (Wildman–Crippen LogP) is 2.99. The Morgan fingerprint density at radius 1 is 1.29 bits per heavy atom. The second-order valence-electron chi connectivity index (χ2n) is 5.95. The van der Waals surface area contributed by atoms with Crippen molar-refractivity contribution in [2.75, 3.05) is 7.11 Å². The molecule has 0 saturated heterocycles. The number of nitrogens with one attached hydrogen (secondary N) is 1. The van der Waals surface area contributed by atoms with Crippen LogP contribution in [0.2, 0.25) is 0 Å². The van der Waals surface area contributed by atoms with Gasteiger partial charge in [0, 0.05) is 6.04 Å². The number of methoxy groups -OCH3 is 1. The molecule has 1 aliphatic rings. The molecule has 6 heteroatoms. The number of aryl methyl sites for hydroxylation is 1. The molecule has 124 valence electrons. The Balaban J connectivity index is 1.38. The Morgan fingerprint density at radius 2 is 2.25 bits per heavy atom. The van der Waals surface area contributed by atoms with Gasteiger partial charge in [0.2, 0.25) is 0 Å². The Labute approximate surface area is 139 Å². The summed E-state index contributed by atoms with van der Waals surface area (Å²) in [4.78, 5) is 4.35. The van der Waals surface area contributed by atoms with Crippen molar-refractivity contribution in [1.82, 2.24) is 15.5 Å². The van der Waals surface area contributed by atoms with E-state index >= 15 is 0 Å². The predicted molar refractivity (Wildman–Crippen MR) is 87.6 cm³/mol. The maximum absolute atomic E-state index is 5.32. The maximum atomic E-state index is 5.32. The van der Waals surface area contributed by atoms with E-state index in [1.807, 2.05) is 6.07 Å². The van der Waals surface area contributed by atoms with Crippen molar-refractivity contribution in [3.05, 3.63) is 53.5 Å². The largest absolute Gasteiger partial charge is 0.497 e. The van der Waals surface area contributed by atoms with Crippen LogP contribution in [0.25, 0.3) is 11.7 Å². The third-order valence-electron chi connectivity index (χ3n) is 4.39. The van der Waals surface area contributed by atoms with E-state index in [0.29, 0.717) is 30.1 Å². The van der Waals surface area contributed by atoms with Crippen LogP contribution >= 0.6 is 0 Å². The van der Waals surface area contributed by atoms with Gasteiger partial charge in [0.25, 0.3) is 5.89 Å². The van der Waals surface area contributed by atoms with Crippen molar-refractivity contribution in [2.45, 2.75) is 31.8 Å². The molecule has 0 fully saturated rings. The van der Waals surface area contributed by atoms with Gasteiger partial charge in [0.05, 0.1) is 19.9 Å². The number of ether oxygens (including phenoxy) is 1. The molecule has 24 heavy (non-hydrogen) atoms. The smallest absolute Gasteiger partial charge is 0.293 e. The lowest BCUT2D eigenvalue weighted by Crippen LogP contribution is -2.34. The Morgan fingerprint density at radius 3 is 3.08 bits per heavy atom. The lowest BCUT2D eigenvalue weighted by atomic mass is 9.88. The SMILES string of the molecule is COc1ccc2c(c1)C[C@@H](NCc1noc(-c3ccco3)n1)CC2. The quantitative estimate of drug-likeness (QED) is 0.777. The Kier molecular flexibility index (Phi) is 4.04. The molecule has 0 spiro atoms. The Bertz CT molecular complexity index is 811. The molecular weight excluding hydrogens is 306 g/mol. The molecule has 3 aromatic rings. The summed E-state index contributed by atoms with van der Waals surface area (Å²) in [6, 6.07) is 10.3. The summed E-state index contributed by atoms with van der Waals surface area (Å²) in [6.07, 6.45) is 4.74. The Hall–Kier alpha value is -2.60. The van der Waals surface area contributed by atoms with Crippen molar-refractivity contribution in [3.63, 3.8) is 0 Å². The number of aromatic nitrogens is 2. The highest BCUT2D eigenvalue weighted by atomic mass is 16.5. The standard InChI is InChI=1S/C18H19N3O3/c1-22-15-7-5-12-4-6-14(9-13(12)10-15)19-11-17-20-18(24-21-17)16-3-2-8-23-16/h2-3,5,7-8,10,14,19H,4,6,9,11H2,1H3/t14-/m0/s1. The van der Waals surface area contributed by atoms with E-state index < -0.39 is 0 Å². The van der Waals surface area contributed by atoms with Crippen LogP contribution in [-0.2, 0) is 19.4 Å². The van der Waals surface area contributed by atoms with E-state index in [-0.39, 0.29) is 0 Å². The van der Waals surface area contributed by atoms with Crippen molar-refractivity contribution >= 4 is 0 Å². The van der Waals surface area contributed by atoms with Crippen molar-refractivity contribution in [3.8, 4) is 17.4 Å². The summed E-state index contributed by atoms with van der Waals surface area (Å²) in [5.74, 6) is 2.55. The highest BCUT2D eigenvalue weighted by Crippen LogP contribution is 2.25. The molecule has 1 N–H and O–H groups in total. The van der Waals surface area contributed by atoms with E-state index in [1.165, 1.54) is 11.1 Å². The van der Waals surface area contributed by atoms with Crippen LogP contribution in [0.15, 0.2) is 45.5 Å². The van der Waals surface area contributed by atoms with E-state index in [1.54, 1.807) is 25.5 Å². The molecule has 0 radical (unpaired) electrons. The zero-order valence-corrected chi connectivity index (χ0v) is 13.5. The van der Waals surface area contributed by atoms with Gasteiger partial charge in [-0.3, -0.25) is 0 Å². The van der Waals surface area contributed by atoms with Crippen LogP contribution in [0.5, 0.6) is 5.75 Å². The van der Waals surface area contributed by atoms with Crippen LogP contribution in [0.1, 0.15) is 23.4 Å². The van der Waals surface area contributed by atoms with Crippen LogP contribution in [0.4, 0.5) is 0 Å². The molecule has 0 saturated carbocycles.